The Bertz CT molecular complexity index is 614. The van der Waals surface area contributed by atoms with Gasteiger partial charge in [-0.15, -0.1) is 0 Å². The van der Waals surface area contributed by atoms with E-state index in [1.54, 1.807) is 17.0 Å². The fourth-order valence-electron chi connectivity index (χ4n) is 2.10. The summed E-state index contributed by atoms with van der Waals surface area (Å²) in [7, 11) is 0. The number of carbonyl (C=O) groups is 2. The maximum absolute atomic E-state index is 12.2. The van der Waals surface area contributed by atoms with Crippen LogP contribution in [0.15, 0.2) is 34.1 Å². The molecule has 1 aromatic rings. The second-order valence-corrected chi connectivity index (χ2v) is 6.44. The minimum absolute atomic E-state index is 0.0992. The van der Waals surface area contributed by atoms with Gasteiger partial charge in [0.15, 0.2) is 0 Å². The van der Waals surface area contributed by atoms with E-state index in [-0.39, 0.29) is 17.9 Å². The van der Waals surface area contributed by atoms with Gasteiger partial charge in [-0.25, -0.2) is 0 Å². The molecule has 112 valence electrons. The van der Waals surface area contributed by atoms with E-state index in [0.717, 1.165) is 4.90 Å². The van der Waals surface area contributed by atoms with Crippen molar-refractivity contribution in [3.05, 3.63) is 34.2 Å². The summed E-state index contributed by atoms with van der Waals surface area (Å²) in [6.07, 6.45) is 1.40. The molecule has 4 nitrogen and oxygen atoms in total. The van der Waals surface area contributed by atoms with E-state index < -0.39 is 0 Å². The van der Waals surface area contributed by atoms with Crippen molar-refractivity contribution in [3.63, 3.8) is 0 Å². The smallest absolute Gasteiger partial charge is 0.262 e. The quantitative estimate of drug-likeness (QED) is 0.865. The van der Waals surface area contributed by atoms with Gasteiger partial charge in [0, 0.05) is 28.6 Å². The maximum atomic E-state index is 12.2. The van der Waals surface area contributed by atoms with E-state index in [9.17, 15) is 9.59 Å². The Kier molecular flexibility index (Phi) is 4.96. The van der Waals surface area contributed by atoms with Crippen molar-refractivity contribution in [3.8, 4) is 0 Å². The predicted octanol–water partition coefficient (Wildman–Crippen LogP) is 3.53. The van der Waals surface area contributed by atoms with Crippen LogP contribution < -0.4 is 5.32 Å². The third-order valence-electron chi connectivity index (χ3n) is 3.14. The fourth-order valence-corrected chi connectivity index (χ4v) is 3.17. The molecule has 1 N–H and O–H groups in total. The molecule has 0 unspecified atom stereocenters. The predicted molar refractivity (Wildman–Crippen MR) is 86.5 cm³/mol. The van der Waals surface area contributed by atoms with E-state index in [2.05, 4.69) is 5.32 Å². The molecule has 0 saturated heterocycles. The highest BCUT2D eigenvalue weighted by Crippen LogP contribution is 2.39. The number of nitrogens with zero attached hydrogens (tertiary/aromatic N) is 1. The third kappa shape index (κ3) is 3.60. The Balaban J connectivity index is 2.25. The number of amides is 2. The average molecular weight is 325 g/mol. The Labute approximate surface area is 133 Å². The van der Waals surface area contributed by atoms with Crippen LogP contribution in [0.1, 0.15) is 20.8 Å². The zero-order valence-corrected chi connectivity index (χ0v) is 13.7. The Hall–Kier alpha value is -1.46. The van der Waals surface area contributed by atoms with Gasteiger partial charge < -0.3 is 10.2 Å². The summed E-state index contributed by atoms with van der Waals surface area (Å²) < 4.78 is 0. The van der Waals surface area contributed by atoms with E-state index in [4.69, 9.17) is 11.6 Å². The highest BCUT2D eigenvalue weighted by Gasteiger charge is 2.23. The maximum Gasteiger partial charge on any atom is 0.262 e. The topological polar surface area (TPSA) is 49.4 Å². The van der Waals surface area contributed by atoms with Crippen LogP contribution in [0.3, 0.4) is 0 Å². The standard InChI is InChI=1S/C15H17ClN2O2S/c1-4-18(9(2)3)14(19)8-13-15(20)17-11-7-10(16)5-6-12(11)21-13/h5-9H,4H2,1-3H3,(H,17,20). The number of likely N-dealkylation sites (N-methyl/N-ethyl adjacent to an activating group) is 1. The highest BCUT2D eigenvalue weighted by atomic mass is 35.5. The molecule has 2 amide bonds. The summed E-state index contributed by atoms with van der Waals surface area (Å²) in [6.45, 7) is 6.43. The first-order valence-corrected chi connectivity index (χ1v) is 7.93. The number of hydrogen-bond donors (Lipinski definition) is 1. The van der Waals surface area contributed by atoms with Crippen LogP contribution in [0.25, 0.3) is 0 Å². The molecule has 0 aliphatic carbocycles. The second-order valence-electron chi connectivity index (χ2n) is 4.92. The van der Waals surface area contributed by atoms with Crippen molar-refractivity contribution in [2.75, 3.05) is 11.9 Å². The van der Waals surface area contributed by atoms with E-state index in [1.807, 2.05) is 26.8 Å². The van der Waals surface area contributed by atoms with Gasteiger partial charge in [-0.3, -0.25) is 9.59 Å². The van der Waals surface area contributed by atoms with Crippen LogP contribution in [0, 0.1) is 0 Å². The molecule has 1 aliphatic rings. The van der Waals surface area contributed by atoms with Gasteiger partial charge in [0.05, 0.1) is 10.6 Å². The van der Waals surface area contributed by atoms with Gasteiger partial charge in [0.25, 0.3) is 5.91 Å². The summed E-state index contributed by atoms with van der Waals surface area (Å²) in [6, 6.07) is 5.39. The van der Waals surface area contributed by atoms with Crippen molar-refractivity contribution >= 4 is 40.9 Å². The molecule has 1 heterocycles. The Morgan fingerprint density at radius 1 is 1.48 bits per heavy atom. The van der Waals surface area contributed by atoms with E-state index in [1.165, 1.54) is 17.8 Å². The molecule has 0 radical (unpaired) electrons. The van der Waals surface area contributed by atoms with Crippen LogP contribution >= 0.6 is 23.4 Å². The Morgan fingerprint density at radius 3 is 2.81 bits per heavy atom. The van der Waals surface area contributed by atoms with Crippen LogP contribution in [0.4, 0.5) is 5.69 Å². The minimum Gasteiger partial charge on any atom is -0.337 e. The van der Waals surface area contributed by atoms with Crippen molar-refractivity contribution in [2.45, 2.75) is 31.7 Å². The van der Waals surface area contributed by atoms with Crippen molar-refractivity contribution in [1.82, 2.24) is 4.90 Å². The molecular weight excluding hydrogens is 308 g/mol. The number of anilines is 1. The first kappa shape index (κ1) is 15.9. The normalized spacial score (nSPS) is 15.9. The number of rotatable bonds is 3. The van der Waals surface area contributed by atoms with Crippen LogP contribution in [0.2, 0.25) is 5.02 Å². The zero-order valence-electron chi connectivity index (χ0n) is 12.1. The average Bonchev–Trinajstić information content (AvgIpc) is 2.40. The summed E-state index contributed by atoms with van der Waals surface area (Å²) in [4.78, 5) is 27.3. The number of nitrogens with one attached hydrogen (secondary N) is 1. The molecule has 0 aromatic heterocycles. The van der Waals surface area contributed by atoms with E-state index >= 15 is 0 Å². The first-order valence-electron chi connectivity index (χ1n) is 6.73. The number of halogens is 1. The summed E-state index contributed by atoms with van der Waals surface area (Å²) in [5.41, 5.74) is 0.679. The lowest BCUT2D eigenvalue weighted by Crippen LogP contribution is -2.36. The monoisotopic (exact) mass is 324 g/mol. The van der Waals surface area contributed by atoms with Gasteiger partial charge >= 0.3 is 0 Å². The number of hydrogen-bond acceptors (Lipinski definition) is 3. The van der Waals surface area contributed by atoms with Gasteiger partial charge in [-0.2, -0.15) is 0 Å². The molecule has 0 spiro atoms. The van der Waals surface area contributed by atoms with Crippen LogP contribution in [-0.4, -0.2) is 29.3 Å². The largest absolute Gasteiger partial charge is 0.337 e. The number of benzene rings is 1. The molecule has 21 heavy (non-hydrogen) atoms. The molecule has 2 rings (SSSR count). The lowest BCUT2D eigenvalue weighted by molar-refractivity contribution is -0.127. The molecular formula is C15H17ClN2O2S. The fraction of sp³-hybridized carbons (Fsp3) is 0.333. The summed E-state index contributed by atoms with van der Waals surface area (Å²) in [5.74, 6) is -0.425. The van der Waals surface area contributed by atoms with Gasteiger partial charge in [0.1, 0.15) is 0 Å². The lowest BCUT2D eigenvalue weighted by Gasteiger charge is -2.24. The van der Waals surface area contributed by atoms with Crippen molar-refractivity contribution < 1.29 is 9.59 Å². The molecule has 0 bridgehead atoms. The Morgan fingerprint density at radius 2 is 2.19 bits per heavy atom. The number of carbonyl (C=O) groups excluding carboxylic acids is 2. The molecule has 0 atom stereocenters. The molecule has 0 fully saturated rings. The van der Waals surface area contributed by atoms with Crippen molar-refractivity contribution in [2.24, 2.45) is 0 Å². The van der Waals surface area contributed by atoms with E-state index in [0.29, 0.717) is 22.2 Å². The van der Waals surface area contributed by atoms with Gasteiger partial charge in [-0.1, -0.05) is 23.4 Å². The molecule has 0 saturated carbocycles. The van der Waals surface area contributed by atoms with Crippen LogP contribution in [-0.2, 0) is 9.59 Å². The minimum atomic E-state index is -0.275. The third-order valence-corrected chi connectivity index (χ3v) is 4.47. The van der Waals surface area contributed by atoms with Gasteiger partial charge in [-0.05, 0) is 39.0 Å². The first-order chi connectivity index (χ1) is 9.92. The van der Waals surface area contributed by atoms with Gasteiger partial charge in [0.2, 0.25) is 5.91 Å². The highest BCUT2D eigenvalue weighted by molar-refractivity contribution is 8.04. The molecule has 1 aromatic carbocycles. The summed E-state index contributed by atoms with van der Waals surface area (Å²) >= 11 is 7.19. The lowest BCUT2D eigenvalue weighted by atomic mass is 10.3. The summed E-state index contributed by atoms with van der Waals surface area (Å²) in [5, 5.41) is 3.32. The number of thioether (sulfide) groups is 1. The van der Waals surface area contributed by atoms with Crippen LogP contribution in [0.5, 0.6) is 0 Å². The number of fused-ring (bicyclic) bond motifs is 1. The molecule has 6 heteroatoms. The molecule has 1 aliphatic heterocycles. The second kappa shape index (κ2) is 6.54. The van der Waals surface area contributed by atoms with Crippen molar-refractivity contribution in [1.29, 1.82) is 0 Å². The zero-order chi connectivity index (χ0) is 15.6. The SMILES string of the molecule is CCN(C(=O)C=C1Sc2ccc(Cl)cc2NC1=O)C(C)C.